The monoisotopic (exact) mass is 183 g/mol. The molecule has 70 valence electrons. The van der Waals surface area contributed by atoms with Crippen LogP contribution in [0.25, 0.3) is 10.8 Å². The Balaban J connectivity index is 0.000000157. The second-order valence-corrected chi connectivity index (χ2v) is 3.16. The first-order valence-electron chi connectivity index (χ1n) is 4.79. The molecule has 1 aliphatic rings. The number of hydrogen-bond donors (Lipinski definition) is 1. The van der Waals surface area contributed by atoms with Crippen molar-refractivity contribution in [3.63, 3.8) is 0 Å². The Labute approximate surface area is 84.1 Å². The number of rotatable bonds is 0. The third-order valence-electron chi connectivity index (χ3n) is 2.13. The topological polar surface area (TPSA) is 12.0 Å². The first kappa shape index (κ1) is 8.82. The highest BCUT2D eigenvalue weighted by atomic mass is 14.9. The van der Waals surface area contributed by atoms with Crippen molar-refractivity contribution in [1.29, 1.82) is 0 Å². The van der Waals surface area contributed by atoms with E-state index in [4.69, 9.17) is 0 Å². The van der Waals surface area contributed by atoms with E-state index < -0.39 is 0 Å². The standard InChI is InChI=1S/C10H8.C3H5N/c1-2-6-10-8-4-3-7-9(10)5-1;1-2-4-3-1/h1-8H;1-2,4H,3H2. The molecule has 0 saturated carbocycles. The lowest BCUT2D eigenvalue weighted by Gasteiger charge is -1.99. The van der Waals surface area contributed by atoms with Crippen molar-refractivity contribution in [2.24, 2.45) is 0 Å². The van der Waals surface area contributed by atoms with Crippen LogP contribution in [0, 0.1) is 0 Å². The van der Waals surface area contributed by atoms with Crippen LogP contribution in [0.5, 0.6) is 0 Å². The smallest absolute Gasteiger partial charge is 0.0342 e. The van der Waals surface area contributed by atoms with Gasteiger partial charge in [0.25, 0.3) is 0 Å². The Morgan fingerprint density at radius 2 is 1.07 bits per heavy atom. The average Bonchev–Trinajstić information content (AvgIpc) is 2.16. The van der Waals surface area contributed by atoms with Crippen LogP contribution in [0.4, 0.5) is 0 Å². The van der Waals surface area contributed by atoms with E-state index in [-0.39, 0.29) is 0 Å². The zero-order valence-corrected chi connectivity index (χ0v) is 7.98. The maximum absolute atomic E-state index is 2.93. The summed E-state index contributed by atoms with van der Waals surface area (Å²) in [6.07, 6.45) is 4.00. The summed E-state index contributed by atoms with van der Waals surface area (Å²) in [4.78, 5) is 0. The molecular weight excluding hydrogens is 170 g/mol. The van der Waals surface area contributed by atoms with Crippen LogP contribution in [0.3, 0.4) is 0 Å². The van der Waals surface area contributed by atoms with Crippen molar-refractivity contribution in [3.05, 3.63) is 60.8 Å². The maximum atomic E-state index is 2.93. The minimum atomic E-state index is 1.07. The molecule has 0 radical (unpaired) electrons. The van der Waals surface area contributed by atoms with Crippen LogP contribution < -0.4 is 5.32 Å². The molecule has 0 bridgehead atoms. The Hall–Kier alpha value is -1.76. The van der Waals surface area contributed by atoms with Gasteiger partial charge in [-0.3, -0.25) is 0 Å². The summed E-state index contributed by atoms with van der Waals surface area (Å²) in [6.45, 7) is 1.07. The molecule has 0 aliphatic carbocycles. The van der Waals surface area contributed by atoms with Crippen molar-refractivity contribution in [3.8, 4) is 0 Å². The molecule has 0 atom stereocenters. The maximum Gasteiger partial charge on any atom is 0.0342 e. The summed E-state index contributed by atoms with van der Waals surface area (Å²) in [7, 11) is 0. The predicted molar refractivity (Wildman–Crippen MR) is 61.1 cm³/mol. The number of nitrogens with one attached hydrogen (secondary N) is 1. The van der Waals surface area contributed by atoms with Crippen LogP contribution >= 0.6 is 0 Å². The molecule has 1 N–H and O–H groups in total. The summed E-state index contributed by atoms with van der Waals surface area (Å²) < 4.78 is 0. The molecule has 0 amide bonds. The summed E-state index contributed by atoms with van der Waals surface area (Å²) >= 11 is 0. The van der Waals surface area contributed by atoms with Gasteiger partial charge in [-0.15, -0.1) is 0 Å². The van der Waals surface area contributed by atoms with E-state index in [1.165, 1.54) is 10.8 Å². The van der Waals surface area contributed by atoms with E-state index in [1.807, 2.05) is 6.20 Å². The van der Waals surface area contributed by atoms with Gasteiger partial charge in [-0.1, -0.05) is 48.5 Å². The van der Waals surface area contributed by atoms with Crippen LogP contribution in [0.1, 0.15) is 0 Å². The number of hydrogen-bond acceptors (Lipinski definition) is 1. The SMILES string of the molecule is C1=CNC1.c1ccc2ccccc2c1. The van der Waals surface area contributed by atoms with Crippen LogP contribution in [0.15, 0.2) is 60.8 Å². The Bertz CT molecular complexity index is 360. The molecule has 0 fully saturated rings. The first-order chi connectivity index (χ1) is 6.97. The summed E-state index contributed by atoms with van der Waals surface area (Å²) in [5.41, 5.74) is 0. The largest absolute Gasteiger partial charge is 0.388 e. The Morgan fingerprint density at radius 3 is 1.29 bits per heavy atom. The number of fused-ring (bicyclic) bond motifs is 1. The van der Waals surface area contributed by atoms with E-state index >= 15 is 0 Å². The van der Waals surface area contributed by atoms with Gasteiger partial charge in [0, 0.05) is 6.54 Å². The molecule has 14 heavy (non-hydrogen) atoms. The highest BCUT2D eigenvalue weighted by Crippen LogP contribution is 2.11. The molecule has 1 heterocycles. The Morgan fingerprint density at radius 1 is 0.786 bits per heavy atom. The molecule has 2 aromatic carbocycles. The lowest BCUT2D eigenvalue weighted by atomic mass is 10.1. The molecular formula is C13H13N. The zero-order valence-electron chi connectivity index (χ0n) is 7.98. The lowest BCUT2D eigenvalue weighted by molar-refractivity contribution is 0.902. The molecule has 3 rings (SSSR count). The van der Waals surface area contributed by atoms with Gasteiger partial charge < -0.3 is 5.32 Å². The van der Waals surface area contributed by atoms with Crippen molar-refractivity contribution >= 4 is 10.8 Å². The fourth-order valence-electron chi connectivity index (χ4n) is 1.25. The molecule has 0 saturated heterocycles. The van der Waals surface area contributed by atoms with E-state index in [2.05, 4.69) is 59.9 Å². The molecule has 0 spiro atoms. The average molecular weight is 183 g/mol. The molecule has 0 unspecified atom stereocenters. The van der Waals surface area contributed by atoms with Crippen LogP contribution in [0.2, 0.25) is 0 Å². The Kier molecular flexibility index (Phi) is 2.82. The van der Waals surface area contributed by atoms with Gasteiger partial charge in [0.2, 0.25) is 0 Å². The van der Waals surface area contributed by atoms with Crippen molar-refractivity contribution in [2.75, 3.05) is 6.54 Å². The van der Waals surface area contributed by atoms with Gasteiger partial charge in [0.1, 0.15) is 0 Å². The molecule has 1 nitrogen and oxygen atoms in total. The quantitative estimate of drug-likeness (QED) is 0.662. The predicted octanol–water partition coefficient (Wildman–Crippen LogP) is 2.94. The lowest BCUT2D eigenvalue weighted by Crippen LogP contribution is -2.12. The van der Waals surface area contributed by atoms with Crippen LogP contribution in [-0.2, 0) is 0 Å². The second-order valence-electron chi connectivity index (χ2n) is 3.16. The van der Waals surface area contributed by atoms with Crippen molar-refractivity contribution in [1.82, 2.24) is 5.32 Å². The summed E-state index contributed by atoms with van der Waals surface area (Å²) in [5.74, 6) is 0. The minimum Gasteiger partial charge on any atom is -0.388 e. The third-order valence-corrected chi connectivity index (χ3v) is 2.13. The summed E-state index contributed by atoms with van der Waals surface area (Å²) in [6, 6.07) is 16.7. The van der Waals surface area contributed by atoms with E-state index in [9.17, 15) is 0 Å². The third kappa shape index (κ3) is 2.13. The highest BCUT2D eigenvalue weighted by Gasteiger charge is 1.85. The molecule has 1 heteroatoms. The fourth-order valence-corrected chi connectivity index (χ4v) is 1.25. The van der Waals surface area contributed by atoms with E-state index in [1.54, 1.807) is 0 Å². The number of benzene rings is 2. The van der Waals surface area contributed by atoms with Gasteiger partial charge in [-0.2, -0.15) is 0 Å². The highest BCUT2D eigenvalue weighted by molar-refractivity contribution is 5.81. The first-order valence-corrected chi connectivity index (χ1v) is 4.79. The van der Waals surface area contributed by atoms with Gasteiger partial charge in [0.15, 0.2) is 0 Å². The fraction of sp³-hybridized carbons (Fsp3) is 0.0769. The second kappa shape index (κ2) is 4.47. The van der Waals surface area contributed by atoms with Crippen molar-refractivity contribution < 1.29 is 0 Å². The van der Waals surface area contributed by atoms with Gasteiger partial charge in [0.05, 0.1) is 0 Å². The molecule has 2 aromatic rings. The molecule has 0 aromatic heterocycles. The van der Waals surface area contributed by atoms with Gasteiger partial charge in [-0.05, 0) is 23.0 Å². The van der Waals surface area contributed by atoms with Gasteiger partial charge in [-0.25, -0.2) is 0 Å². The van der Waals surface area contributed by atoms with E-state index in [0.717, 1.165) is 6.54 Å². The van der Waals surface area contributed by atoms with Crippen LogP contribution in [-0.4, -0.2) is 6.54 Å². The van der Waals surface area contributed by atoms with Crippen molar-refractivity contribution in [2.45, 2.75) is 0 Å². The zero-order chi connectivity index (χ0) is 9.64. The van der Waals surface area contributed by atoms with E-state index in [0.29, 0.717) is 0 Å². The minimum absolute atomic E-state index is 1.07. The normalized spacial score (nSPS) is 12.3. The van der Waals surface area contributed by atoms with Gasteiger partial charge >= 0.3 is 0 Å². The summed E-state index contributed by atoms with van der Waals surface area (Å²) in [5, 5.41) is 5.55. The molecule has 1 aliphatic heterocycles.